The van der Waals surface area contributed by atoms with Crippen molar-refractivity contribution in [3.05, 3.63) is 0 Å². The van der Waals surface area contributed by atoms with Gasteiger partial charge in [-0.25, -0.2) is 0 Å². The number of aliphatic hydroxyl groups is 1. The molecule has 3 nitrogen and oxygen atoms in total. The van der Waals surface area contributed by atoms with Gasteiger partial charge < -0.3 is 10.2 Å². The first-order valence-corrected chi connectivity index (χ1v) is 4.98. The van der Waals surface area contributed by atoms with E-state index in [1.807, 2.05) is 13.8 Å². The summed E-state index contributed by atoms with van der Waals surface area (Å²) >= 11 is 0. The van der Waals surface area contributed by atoms with Gasteiger partial charge in [0.1, 0.15) is 0 Å². The van der Waals surface area contributed by atoms with Crippen molar-refractivity contribution in [2.24, 2.45) is 5.92 Å². The molecule has 1 aliphatic rings. The van der Waals surface area contributed by atoms with E-state index in [2.05, 4.69) is 6.92 Å². The summed E-state index contributed by atoms with van der Waals surface area (Å²) in [5.74, 6) is 0.559. The highest BCUT2D eigenvalue weighted by Crippen LogP contribution is 2.22. The monoisotopic (exact) mass is 190 g/mol. The highest BCUT2D eigenvalue weighted by Gasteiger charge is 2.17. The lowest BCUT2D eigenvalue weighted by Crippen LogP contribution is -2.21. The molecule has 3 heteroatoms. The molecule has 0 bridgehead atoms. The van der Waals surface area contributed by atoms with Crippen molar-refractivity contribution < 1.29 is 15.0 Å². The lowest BCUT2D eigenvalue weighted by atomic mass is 9.88. The number of hydrogen-bond acceptors (Lipinski definition) is 2. The first-order valence-electron chi connectivity index (χ1n) is 4.98. The van der Waals surface area contributed by atoms with E-state index in [4.69, 9.17) is 9.90 Å². The van der Waals surface area contributed by atoms with Crippen LogP contribution in [0.2, 0.25) is 0 Å². The summed E-state index contributed by atoms with van der Waals surface area (Å²) in [5, 5.41) is 16.1. The molecular formula is C10H22O3. The van der Waals surface area contributed by atoms with Crippen molar-refractivity contribution in [2.45, 2.75) is 52.6 Å². The topological polar surface area (TPSA) is 57.5 Å². The van der Waals surface area contributed by atoms with Crippen molar-refractivity contribution in [1.29, 1.82) is 0 Å². The first-order chi connectivity index (χ1) is 6.22. The van der Waals surface area contributed by atoms with E-state index in [0.717, 1.165) is 6.42 Å². The third kappa shape index (κ3) is 9.34. The Morgan fingerprint density at radius 2 is 1.62 bits per heavy atom. The van der Waals surface area contributed by atoms with Gasteiger partial charge >= 0.3 is 0 Å². The molecule has 0 aromatic heterocycles. The van der Waals surface area contributed by atoms with Crippen LogP contribution < -0.4 is 0 Å². The molecule has 0 aliphatic heterocycles. The van der Waals surface area contributed by atoms with Crippen LogP contribution in [0.1, 0.15) is 46.5 Å². The normalized spacial score (nSPS) is 25.8. The average Bonchev–Trinajstić information content (AvgIpc) is 2.15. The van der Waals surface area contributed by atoms with Crippen LogP contribution in [0.15, 0.2) is 0 Å². The molecule has 0 amide bonds. The molecule has 1 aliphatic carbocycles. The van der Waals surface area contributed by atoms with Crippen LogP contribution in [0.5, 0.6) is 0 Å². The number of carboxylic acid groups (broad SMARTS) is 1. The standard InChI is InChI=1S/C7H14O.C2H6.CH2O2/c1-6-4-2-3-5-7(6)8;1-2;2-1-3/h6-8H,2-5H2,1H3;1-2H3;1H,(H,2,3). The van der Waals surface area contributed by atoms with Gasteiger partial charge in [-0.3, -0.25) is 4.79 Å². The Morgan fingerprint density at radius 3 is 1.85 bits per heavy atom. The number of aliphatic hydroxyl groups excluding tert-OH is 1. The Hall–Kier alpha value is -0.570. The second kappa shape index (κ2) is 11.4. The number of carbonyl (C=O) groups is 1. The van der Waals surface area contributed by atoms with E-state index in [0.29, 0.717) is 5.92 Å². The van der Waals surface area contributed by atoms with Crippen molar-refractivity contribution in [1.82, 2.24) is 0 Å². The molecular weight excluding hydrogens is 168 g/mol. The van der Waals surface area contributed by atoms with Crippen LogP contribution in [-0.2, 0) is 4.79 Å². The zero-order chi connectivity index (χ0) is 10.7. The van der Waals surface area contributed by atoms with Gasteiger partial charge in [0.25, 0.3) is 6.47 Å². The van der Waals surface area contributed by atoms with Crippen molar-refractivity contribution >= 4 is 6.47 Å². The predicted molar refractivity (Wildman–Crippen MR) is 53.7 cm³/mol. The molecule has 80 valence electrons. The Bertz CT molecular complexity index is 94.3. The molecule has 1 saturated carbocycles. The minimum absolute atomic E-state index is 0.00347. The van der Waals surface area contributed by atoms with Crippen LogP contribution in [0.25, 0.3) is 0 Å². The van der Waals surface area contributed by atoms with Crippen LogP contribution in [-0.4, -0.2) is 22.8 Å². The predicted octanol–water partition coefficient (Wildman–Crippen LogP) is 2.28. The first kappa shape index (κ1) is 14.9. The highest BCUT2D eigenvalue weighted by molar-refractivity contribution is 5.32. The van der Waals surface area contributed by atoms with E-state index in [9.17, 15) is 5.11 Å². The van der Waals surface area contributed by atoms with Gasteiger partial charge in [0.15, 0.2) is 0 Å². The smallest absolute Gasteiger partial charge is 0.290 e. The van der Waals surface area contributed by atoms with Gasteiger partial charge in [-0.05, 0) is 18.8 Å². The largest absolute Gasteiger partial charge is 0.483 e. The Morgan fingerprint density at radius 1 is 1.23 bits per heavy atom. The van der Waals surface area contributed by atoms with E-state index in [-0.39, 0.29) is 12.6 Å². The van der Waals surface area contributed by atoms with Crippen LogP contribution in [0, 0.1) is 5.92 Å². The molecule has 13 heavy (non-hydrogen) atoms. The minimum Gasteiger partial charge on any atom is -0.483 e. The maximum atomic E-state index is 9.18. The lowest BCUT2D eigenvalue weighted by Gasteiger charge is -2.23. The molecule has 1 rings (SSSR count). The molecule has 0 heterocycles. The molecule has 0 spiro atoms. The summed E-state index contributed by atoms with van der Waals surface area (Å²) in [4.78, 5) is 8.36. The maximum absolute atomic E-state index is 9.18. The summed E-state index contributed by atoms with van der Waals surface area (Å²) in [6, 6.07) is 0. The zero-order valence-electron chi connectivity index (χ0n) is 8.86. The molecule has 2 unspecified atom stereocenters. The molecule has 2 N–H and O–H groups in total. The second-order valence-corrected chi connectivity index (χ2v) is 2.93. The summed E-state index contributed by atoms with van der Waals surface area (Å²) in [6.07, 6.45) is 4.80. The van der Waals surface area contributed by atoms with Gasteiger partial charge in [0.05, 0.1) is 6.10 Å². The molecule has 0 aromatic rings. The van der Waals surface area contributed by atoms with Crippen LogP contribution in [0.3, 0.4) is 0 Å². The van der Waals surface area contributed by atoms with Gasteiger partial charge in [-0.2, -0.15) is 0 Å². The third-order valence-corrected chi connectivity index (χ3v) is 2.07. The molecule has 0 aromatic carbocycles. The van der Waals surface area contributed by atoms with Crippen LogP contribution >= 0.6 is 0 Å². The van der Waals surface area contributed by atoms with E-state index < -0.39 is 0 Å². The Balaban J connectivity index is 0. The fraction of sp³-hybridized carbons (Fsp3) is 0.900. The van der Waals surface area contributed by atoms with Gasteiger partial charge in [-0.15, -0.1) is 0 Å². The van der Waals surface area contributed by atoms with Gasteiger partial charge in [0, 0.05) is 0 Å². The Kier molecular flexibility index (Phi) is 13.1. The van der Waals surface area contributed by atoms with E-state index in [1.54, 1.807) is 0 Å². The van der Waals surface area contributed by atoms with Crippen molar-refractivity contribution in [3.63, 3.8) is 0 Å². The van der Waals surface area contributed by atoms with E-state index >= 15 is 0 Å². The average molecular weight is 190 g/mol. The van der Waals surface area contributed by atoms with Gasteiger partial charge in [-0.1, -0.05) is 33.6 Å². The summed E-state index contributed by atoms with van der Waals surface area (Å²) < 4.78 is 0. The molecule has 1 fully saturated rings. The number of hydrogen-bond donors (Lipinski definition) is 2. The highest BCUT2D eigenvalue weighted by atomic mass is 16.3. The fourth-order valence-corrected chi connectivity index (χ4v) is 1.30. The fourth-order valence-electron chi connectivity index (χ4n) is 1.30. The minimum atomic E-state index is -0.250. The summed E-state index contributed by atoms with van der Waals surface area (Å²) in [6.45, 7) is 5.88. The Labute approximate surface area is 80.8 Å². The summed E-state index contributed by atoms with van der Waals surface area (Å²) in [7, 11) is 0. The molecule has 2 atom stereocenters. The van der Waals surface area contributed by atoms with Crippen LogP contribution in [0.4, 0.5) is 0 Å². The van der Waals surface area contributed by atoms with E-state index in [1.165, 1.54) is 19.3 Å². The quantitative estimate of drug-likeness (QED) is 0.576. The molecule has 0 saturated heterocycles. The zero-order valence-corrected chi connectivity index (χ0v) is 8.86. The second-order valence-electron chi connectivity index (χ2n) is 2.93. The SMILES string of the molecule is CC.CC1CCCCC1O.O=CO. The lowest BCUT2D eigenvalue weighted by molar-refractivity contribution is -0.122. The number of rotatable bonds is 0. The molecule has 0 radical (unpaired) electrons. The van der Waals surface area contributed by atoms with Crippen molar-refractivity contribution in [3.8, 4) is 0 Å². The van der Waals surface area contributed by atoms with Crippen molar-refractivity contribution in [2.75, 3.05) is 0 Å². The summed E-state index contributed by atoms with van der Waals surface area (Å²) in [5.41, 5.74) is 0. The maximum Gasteiger partial charge on any atom is 0.290 e. The van der Waals surface area contributed by atoms with Gasteiger partial charge in [0.2, 0.25) is 0 Å². The third-order valence-electron chi connectivity index (χ3n) is 2.07.